The molecule has 1 unspecified atom stereocenters. The van der Waals surface area contributed by atoms with E-state index in [0.717, 1.165) is 4.68 Å². The van der Waals surface area contributed by atoms with E-state index in [0.29, 0.717) is 21.9 Å². The Morgan fingerprint density at radius 1 is 1.32 bits per heavy atom. The smallest absolute Gasteiger partial charge is 0.416 e. The molecular formula is C12H9F3N2O2. The average molecular weight is 270 g/mol. The van der Waals surface area contributed by atoms with E-state index >= 15 is 0 Å². The molecule has 2 aromatic heterocycles. The summed E-state index contributed by atoms with van der Waals surface area (Å²) in [5.41, 5.74) is 1.09. The number of fused-ring (bicyclic) bond motifs is 3. The summed E-state index contributed by atoms with van der Waals surface area (Å²) in [5.74, 6) is 0. The summed E-state index contributed by atoms with van der Waals surface area (Å²) in [5, 5.41) is 14.4. The molecule has 19 heavy (non-hydrogen) atoms. The molecule has 0 fully saturated rings. The summed E-state index contributed by atoms with van der Waals surface area (Å²) >= 11 is 0. The van der Waals surface area contributed by atoms with Crippen LogP contribution in [0, 0.1) is 0 Å². The maximum atomic E-state index is 12.4. The first-order chi connectivity index (χ1) is 8.97. The van der Waals surface area contributed by atoms with Gasteiger partial charge in [0, 0.05) is 10.8 Å². The number of hydrogen-bond donors (Lipinski definition) is 1. The Labute approximate surface area is 105 Å². The van der Waals surface area contributed by atoms with E-state index in [4.69, 9.17) is 9.52 Å². The van der Waals surface area contributed by atoms with Crippen LogP contribution in [-0.4, -0.2) is 27.2 Å². The van der Waals surface area contributed by atoms with Crippen molar-refractivity contribution in [2.45, 2.75) is 18.8 Å². The maximum absolute atomic E-state index is 12.4. The van der Waals surface area contributed by atoms with Crippen molar-refractivity contribution in [2.75, 3.05) is 0 Å². The van der Waals surface area contributed by atoms with Crippen molar-refractivity contribution in [3.05, 3.63) is 30.7 Å². The average Bonchev–Trinajstić information content (AvgIpc) is 2.92. The monoisotopic (exact) mass is 270 g/mol. The number of aromatic nitrogens is 2. The third-order valence-corrected chi connectivity index (χ3v) is 2.96. The highest BCUT2D eigenvalue weighted by Crippen LogP contribution is 2.28. The standard InChI is InChI=1S/C12H9F3N2O2/c13-12(14,15)10(18)6-17-11-7(5-16-17)1-2-9-8(11)3-4-19-9/h1-5,10,18H,6H2. The summed E-state index contributed by atoms with van der Waals surface area (Å²) in [4.78, 5) is 0. The van der Waals surface area contributed by atoms with Gasteiger partial charge in [-0.05, 0) is 18.2 Å². The Kier molecular flexibility index (Phi) is 2.53. The van der Waals surface area contributed by atoms with E-state index in [1.807, 2.05) is 0 Å². The number of nitrogens with zero attached hydrogens (tertiary/aromatic N) is 2. The van der Waals surface area contributed by atoms with E-state index in [1.165, 1.54) is 12.5 Å². The fourth-order valence-electron chi connectivity index (χ4n) is 2.03. The van der Waals surface area contributed by atoms with E-state index in [9.17, 15) is 13.2 Å². The third kappa shape index (κ3) is 1.95. The van der Waals surface area contributed by atoms with Crippen molar-refractivity contribution in [2.24, 2.45) is 0 Å². The summed E-state index contributed by atoms with van der Waals surface area (Å²) in [6, 6.07) is 5.10. The van der Waals surface area contributed by atoms with Crippen LogP contribution in [0.2, 0.25) is 0 Å². The van der Waals surface area contributed by atoms with Crippen LogP contribution in [0.25, 0.3) is 21.9 Å². The van der Waals surface area contributed by atoms with Gasteiger partial charge < -0.3 is 9.52 Å². The van der Waals surface area contributed by atoms with E-state index in [-0.39, 0.29) is 0 Å². The van der Waals surface area contributed by atoms with Crippen molar-refractivity contribution in [1.82, 2.24) is 9.78 Å². The number of halogens is 3. The number of benzene rings is 1. The molecular weight excluding hydrogens is 261 g/mol. The van der Waals surface area contributed by atoms with Crippen LogP contribution in [0.3, 0.4) is 0 Å². The molecule has 0 aliphatic rings. The van der Waals surface area contributed by atoms with Gasteiger partial charge in [0.1, 0.15) is 5.58 Å². The van der Waals surface area contributed by atoms with Gasteiger partial charge in [-0.3, -0.25) is 4.68 Å². The minimum absolute atomic E-state index is 0.523. The molecule has 2 heterocycles. The van der Waals surface area contributed by atoms with Gasteiger partial charge in [-0.25, -0.2) is 0 Å². The number of alkyl halides is 3. The molecule has 1 atom stereocenters. The molecule has 0 amide bonds. The van der Waals surface area contributed by atoms with E-state index in [2.05, 4.69) is 5.10 Å². The first-order valence-corrected chi connectivity index (χ1v) is 5.53. The summed E-state index contributed by atoms with van der Waals surface area (Å²) in [7, 11) is 0. The number of furan rings is 1. The molecule has 0 aliphatic carbocycles. The Balaban J connectivity index is 2.11. The zero-order chi connectivity index (χ0) is 13.6. The zero-order valence-corrected chi connectivity index (χ0v) is 9.55. The van der Waals surface area contributed by atoms with Crippen LogP contribution in [0.15, 0.2) is 35.1 Å². The molecule has 4 nitrogen and oxygen atoms in total. The van der Waals surface area contributed by atoms with Crippen molar-refractivity contribution in [1.29, 1.82) is 0 Å². The predicted molar refractivity (Wildman–Crippen MR) is 61.6 cm³/mol. The van der Waals surface area contributed by atoms with Gasteiger partial charge in [0.25, 0.3) is 0 Å². The lowest BCUT2D eigenvalue weighted by molar-refractivity contribution is -0.207. The first-order valence-electron chi connectivity index (χ1n) is 5.53. The highest BCUT2D eigenvalue weighted by Gasteiger charge is 2.38. The SMILES string of the molecule is OC(Cn1ncc2ccc3occc3c21)C(F)(F)F. The molecule has 0 saturated heterocycles. The van der Waals surface area contributed by atoms with Crippen molar-refractivity contribution < 1.29 is 22.7 Å². The summed E-state index contributed by atoms with van der Waals surface area (Å²) in [6.07, 6.45) is -4.19. The second-order valence-corrected chi connectivity index (χ2v) is 4.22. The van der Waals surface area contributed by atoms with Crippen molar-refractivity contribution in [3.8, 4) is 0 Å². The quantitative estimate of drug-likeness (QED) is 0.779. The van der Waals surface area contributed by atoms with Gasteiger partial charge in [0.05, 0.1) is 24.5 Å². The van der Waals surface area contributed by atoms with Crippen LogP contribution >= 0.6 is 0 Å². The maximum Gasteiger partial charge on any atom is 0.416 e. The molecule has 3 rings (SSSR count). The number of aliphatic hydroxyl groups excluding tert-OH is 1. The van der Waals surface area contributed by atoms with Crippen LogP contribution in [-0.2, 0) is 6.54 Å². The minimum Gasteiger partial charge on any atom is -0.464 e. The van der Waals surface area contributed by atoms with Gasteiger partial charge >= 0.3 is 6.18 Å². The molecule has 3 aromatic rings. The molecule has 0 spiro atoms. The Bertz CT molecular complexity index is 729. The van der Waals surface area contributed by atoms with Gasteiger partial charge in [-0.1, -0.05) is 0 Å². The normalized spacial score (nSPS) is 14.3. The summed E-state index contributed by atoms with van der Waals surface area (Å²) < 4.78 is 43.5. The highest BCUT2D eigenvalue weighted by atomic mass is 19.4. The van der Waals surface area contributed by atoms with Gasteiger partial charge in [0.15, 0.2) is 6.10 Å². The fourth-order valence-corrected chi connectivity index (χ4v) is 2.03. The molecule has 0 bridgehead atoms. The second kappa shape index (κ2) is 3.99. The molecule has 0 aliphatic heterocycles. The lowest BCUT2D eigenvalue weighted by atomic mass is 10.2. The van der Waals surface area contributed by atoms with Gasteiger partial charge in [-0.2, -0.15) is 18.3 Å². The molecule has 1 aromatic carbocycles. The molecule has 100 valence electrons. The van der Waals surface area contributed by atoms with Crippen molar-refractivity contribution >= 4 is 21.9 Å². The highest BCUT2D eigenvalue weighted by molar-refractivity contribution is 6.03. The Hall–Kier alpha value is -2.02. The molecule has 0 radical (unpaired) electrons. The topological polar surface area (TPSA) is 51.2 Å². The minimum atomic E-state index is -4.66. The van der Waals surface area contributed by atoms with E-state index in [1.54, 1.807) is 18.2 Å². The zero-order valence-electron chi connectivity index (χ0n) is 9.55. The largest absolute Gasteiger partial charge is 0.464 e. The van der Waals surface area contributed by atoms with Crippen LogP contribution in [0.5, 0.6) is 0 Å². The van der Waals surface area contributed by atoms with Crippen LogP contribution < -0.4 is 0 Å². The Morgan fingerprint density at radius 3 is 2.84 bits per heavy atom. The number of rotatable bonds is 2. The van der Waals surface area contributed by atoms with Crippen LogP contribution in [0.4, 0.5) is 13.2 Å². The van der Waals surface area contributed by atoms with Crippen LogP contribution in [0.1, 0.15) is 0 Å². The van der Waals surface area contributed by atoms with E-state index < -0.39 is 18.8 Å². The number of hydrogen-bond acceptors (Lipinski definition) is 3. The first kappa shape index (κ1) is 12.0. The van der Waals surface area contributed by atoms with Crippen molar-refractivity contribution in [3.63, 3.8) is 0 Å². The molecule has 0 saturated carbocycles. The second-order valence-electron chi connectivity index (χ2n) is 4.22. The summed E-state index contributed by atoms with van der Waals surface area (Å²) in [6.45, 7) is -0.642. The number of aliphatic hydroxyl groups is 1. The predicted octanol–water partition coefficient (Wildman–Crippen LogP) is 2.71. The molecule has 1 N–H and O–H groups in total. The third-order valence-electron chi connectivity index (χ3n) is 2.96. The molecule has 7 heteroatoms. The Morgan fingerprint density at radius 2 is 2.11 bits per heavy atom. The van der Waals surface area contributed by atoms with Gasteiger partial charge in [-0.15, -0.1) is 0 Å². The lowest BCUT2D eigenvalue weighted by Crippen LogP contribution is -2.33. The van der Waals surface area contributed by atoms with Gasteiger partial charge in [0.2, 0.25) is 0 Å². The lowest BCUT2D eigenvalue weighted by Gasteiger charge is -2.14. The fraction of sp³-hybridized carbons (Fsp3) is 0.250.